The van der Waals surface area contributed by atoms with Gasteiger partial charge in [0.05, 0.1) is 11.6 Å². The monoisotopic (exact) mass is 345 g/mol. The molecule has 0 N–H and O–H groups in total. The molecule has 5 nitrogen and oxygen atoms in total. The zero-order chi connectivity index (χ0) is 16.7. The molecule has 4 rings (SSSR count). The number of carbonyl (C=O) groups excluding carboxylic acids is 2. The van der Waals surface area contributed by atoms with E-state index in [1.54, 1.807) is 22.3 Å². The average Bonchev–Trinajstić information content (AvgIpc) is 3.21. The Morgan fingerprint density at radius 3 is 2.88 bits per heavy atom. The molecule has 24 heavy (non-hydrogen) atoms. The lowest BCUT2D eigenvalue weighted by Crippen LogP contribution is -2.38. The van der Waals surface area contributed by atoms with E-state index in [4.69, 9.17) is 4.98 Å². The van der Waals surface area contributed by atoms with E-state index >= 15 is 0 Å². The van der Waals surface area contributed by atoms with Crippen molar-refractivity contribution >= 4 is 28.3 Å². The third-order valence-corrected chi connectivity index (χ3v) is 6.32. The predicted octanol–water partition coefficient (Wildman–Crippen LogP) is 2.55. The summed E-state index contributed by atoms with van der Waals surface area (Å²) in [6.07, 6.45) is 8.72. The van der Waals surface area contributed by atoms with Crippen molar-refractivity contribution in [3.05, 3.63) is 23.2 Å². The first-order chi connectivity index (χ1) is 11.7. The maximum Gasteiger partial charge on any atom is 0.234 e. The summed E-state index contributed by atoms with van der Waals surface area (Å²) in [6, 6.07) is 0.385. The van der Waals surface area contributed by atoms with Gasteiger partial charge in [0.25, 0.3) is 0 Å². The quantitative estimate of drug-likeness (QED) is 0.771. The highest BCUT2D eigenvalue weighted by Gasteiger charge is 2.43. The summed E-state index contributed by atoms with van der Waals surface area (Å²) in [5, 5.41) is 0.782. The van der Waals surface area contributed by atoms with E-state index < -0.39 is 0 Å². The lowest BCUT2D eigenvalue weighted by Gasteiger charge is -2.22. The molecule has 1 aromatic heterocycles. The molecule has 0 aromatic carbocycles. The summed E-state index contributed by atoms with van der Waals surface area (Å²) in [6.45, 7) is 4.82. The van der Waals surface area contributed by atoms with Crippen molar-refractivity contribution in [3.63, 3.8) is 0 Å². The second-order valence-corrected chi connectivity index (χ2v) is 8.05. The molecule has 2 amide bonds. The molecule has 2 aliphatic carbocycles. The van der Waals surface area contributed by atoms with Crippen LogP contribution in [0, 0.1) is 5.92 Å². The van der Waals surface area contributed by atoms with Gasteiger partial charge in [0.1, 0.15) is 0 Å². The zero-order valence-corrected chi connectivity index (χ0v) is 14.7. The maximum absolute atomic E-state index is 13.0. The highest BCUT2D eigenvalue weighted by atomic mass is 32.1. The minimum atomic E-state index is -0.237. The number of hydrogen-bond donors (Lipinski definition) is 0. The third kappa shape index (κ3) is 2.88. The molecule has 128 valence electrons. The standard InChI is InChI=1S/C18H23N3O2S/c1-2-9-20(18-19-14-5-3-4-6-15(14)24-18)17(23)12-10-16(22)21(11-12)13-7-8-13/h2,12-13H,1,3-11H2/t12-/m0/s1. The Bertz CT molecular complexity index is 656. The first-order valence-electron chi connectivity index (χ1n) is 8.87. The van der Waals surface area contributed by atoms with E-state index in [0.717, 1.165) is 36.5 Å². The number of likely N-dealkylation sites (tertiary alicyclic amines) is 1. The van der Waals surface area contributed by atoms with Crippen LogP contribution in [0.5, 0.6) is 0 Å². The largest absolute Gasteiger partial charge is 0.339 e. The van der Waals surface area contributed by atoms with Crippen molar-refractivity contribution in [1.29, 1.82) is 0 Å². The van der Waals surface area contributed by atoms with Gasteiger partial charge >= 0.3 is 0 Å². The third-order valence-electron chi connectivity index (χ3n) is 5.14. The van der Waals surface area contributed by atoms with Crippen molar-refractivity contribution in [1.82, 2.24) is 9.88 Å². The molecule has 1 atom stereocenters. The Hall–Kier alpha value is -1.69. The van der Waals surface area contributed by atoms with Crippen LogP contribution in [0.15, 0.2) is 12.7 Å². The number of carbonyl (C=O) groups is 2. The fourth-order valence-electron chi connectivity index (χ4n) is 3.70. The number of aromatic nitrogens is 1. The minimum absolute atomic E-state index is 0.0255. The van der Waals surface area contributed by atoms with Crippen molar-refractivity contribution in [2.75, 3.05) is 18.0 Å². The molecule has 3 aliphatic rings. The van der Waals surface area contributed by atoms with Crippen LogP contribution in [0.1, 0.15) is 42.7 Å². The average molecular weight is 345 g/mol. The van der Waals surface area contributed by atoms with Gasteiger partial charge in [-0.15, -0.1) is 17.9 Å². The predicted molar refractivity (Wildman–Crippen MR) is 94.1 cm³/mol. The van der Waals surface area contributed by atoms with Gasteiger partial charge in [0.15, 0.2) is 5.13 Å². The van der Waals surface area contributed by atoms with Crippen LogP contribution in [-0.2, 0) is 22.4 Å². The number of amides is 2. The lowest BCUT2D eigenvalue weighted by molar-refractivity contribution is -0.128. The number of anilines is 1. The molecule has 0 unspecified atom stereocenters. The Balaban J connectivity index is 1.54. The molecule has 0 radical (unpaired) electrons. The fourth-order valence-corrected chi connectivity index (χ4v) is 4.86. The topological polar surface area (TPSA) is 53.5 Å². The van der Waals surface area contributed by atoms with E-state index in [2.05, 4.69) is 6.58 Å². The summed E-state index contributed by atoms with van der Waals surface area (Å²) >= 11 is 1.64. The van der Waals surface area contributed by atoms with E-state index in [9.17, 15) is 9.59 Å². The molecule has 1 saturated heterocycles. The van der Waals surface area contributed by atoms with E-state index in [1.807, 2.05) is 4.90 Å². The van der Waals surface area contributed by atoms with Crippen molar-refractivity contribution in [3.8, 4) is 0 Å². The van der Waals surface area contributed by atoms with E-state index in [0.29, 0.717) is 25.6 Å². The van der Waals surface area contributed by atoms with Crippen LogP contribution >= 0.6 is 11.3 Å². The Labute approximate surface area is 146 Å². The molecule has 1 aliphatic heterocycles. The molecule has 1 saturated carbocycles. The first kappa shape index (κ1) is 15.8. The smallest absolute Gasteiger partial charge is 0.234 e. The number of thiazole rings is 1. The van der Waals surface area contributed by atoms with Crippen molar-refractivity contribution in [2.24, 2.45) is 5.92 Å². The van der Waals surface area contributed by atoms with Crippen LogP contribution in [0.3, 0.4) is 0 Å². The van der Waals surface area contributed by atoms with Gasteiger partial charge in [0, 0.05) is 30.4 Å². The van der Waals surface area contributed by atoms with Gasteiger partial charge in [-0.05, 0) is 38.5 Å². The maximum atomic E-state index is 13.0. The fraction of sp³-hybridized carbons (Fsp3) is 0.611. The molecule has 0 spiro atoms. The van der Waals surface area contributed by atoms with Crippen LogP contribution in [-0.4, -0.2) is 40.8 Å². The van der Waals surface area contributed by atoms with Crippen LogP contribution in [0.25, 0.3) is 0 Å². The van der Waals surface area contributed by atoms with Crippen molar-refractivity contribution < 1.29 is 9.59 Å². The normalized spacial score (nSPS) is 23.2. The lowest BCUT2D eigenvalue weighted by atomic mass is 10.0. The highest BCUT2D eigenvalue weighted by Crippen LogP contribution is 2.36. The molecule has 2 fully saturated rings. The van der Waals surface area contributed by atoms with E-state index in [1.165, 1.54) is 17.7 Å². The van der Waals surface area contributed by atoms with Crippen molar-refractivity contribution in [2.45, 2.75) is 51.0 Å². The minimum Gasteiger partial charge on any atom is -0.339 e. The van der Waals surface area contributed by atoms with Gasteiger partial charge in [-0.2, -0.15) is 0 Å². The van der Waals surface area contributed by atoms with Crippen LogP contribution < -0.4 is 4.90 Å². The van der Waals surface area contributed by atoms with Gasteiger partial charge in [-0.3, -0.25) is 14.5 Å². The number of hydrogen-bond acceptors (Lipinski definition) is 4. The highest BCUT2D eigenvalue weighted by molar-refractivity contribution is 7.16. The second kappa shape index (κ2) is 6.31. The number of rotatable bonds is 5. The summed E-state index contributed by atoms with van der Waals surface area (Å²) in [5.41, 5.74) is 1.16. The molecular formula is C18H23N3O2S. The van der Waals surface area contributed by atoms with Crippen LogP contribution in [0.2, 0.25) is 0 Å². The number of nitrogens with zero attached hydrogens (tertiary/aromatic N) is 3. The van der Waals surface area contributed by atoms with Gasteiger partial charge in [-0.1, -0.05) is 6.08 Å². The second-order valence-electron chi connectivity index (χ2n) is 6.99. The van der Waals surface area contributed by atoms with Gasteiger partial charge in [0.2, 0.25) is 11.8 Å². The Kier molecular flexibility index (Phi) is 4.16. The zero-order valence-electron chi connectivity index (χ0n) is 13.9. The molecule has 6 heteroatoms. The first-order valence-corrected chi connectivity index (χ1v) is 9.69. The molecular weight excluding hydrogens is 322 g/mol. The number of fused-ring (bicyclic) bond motifs is 1. The Morgan fingerprint density at radius 2 is 2.17 bits per heavy atom. The Morgan fingerprint density at radius 1 is 1.38 bits per heavy atom. The number of aryl methyl sites for hydroxylation is 2. The van der Waals surface area contributed by atoms with Crippen LogP contribution in [0.4, 0.5) is 5.13 Å². The molecule has 2 heterocycles. The van der Waals surface area contributed by atoms with Gasteiger partial charge in [-0.25, -0.2) is 4.98 Å². The summed E-state index contributed by atoms with van der Waals surface area (Å²) in [4.78, 5) is 34.9. The SMILES string of the molecule is C=CCN(C(=O)[C@H]1CC(=O)N(C2CC2)C1)c1nc2c(s1)CCCC2. The molecule has 1 aromatic rings. The summed E-state index contributed by atoms with van der Waals surface area (Å²) < 4.78 is 0. The van der Waals surface area contributed by atoms with E-state index in [-0.39, 0.29) is 17.7 Å². The molecule has 0 bridgehead atoms. The summed E-state index contributed by atoms with van der Waals surface area (Å²) in [7, 11) is 0. The van der Waals surface area contributed by atoms with Gasteiger partial charge < -0.3 is 4.90 Å². The summed E-state index contributed by atoms with van der Waals surface area (Å²) in [5.74, 6) is -0.0793.